The molecule has 0 unspecified atom stereocenters. The van der Waals surface area contributed by atoms with Gasteiger partial charge in [-0.15, -0.1) is 0 Å². The summed E-state index contributed by atoms with van der Waals surface area (Å²) in [7, 11) is -2.87. The fraction of sp³-hybridized carbons (Fsp3) is 0.0323. The molecule has 160 valence electrons. The summed E-state index contributed by atoms with van der Waals surface area (Å²) in [5, 5.41) is 7.31. The van der Waals surface area contributed by atoms with Gasteiger partial charge in [-0.1, -0.05) is 152 Å². The van der Waals surface area contributed by atoms with Crippen molar-refractivity contribution in [2.24, 2.45) is 0 Å². The lowest BCUT2D eigenvalue weighted by Crippen LogP contribution is -2.70. The largest absolute Gasteiger partial charge is 0.153 e. The molecule has 5 aromatic rings. The molecule has 0 spiro atoms. The van der Waals surface area contributed by atoms with Gasteiger partial charge in [0.2, 0.25) is 0 Å². The summed E-state index contributed by atoms with van der Waals surface area (Å²) in [6, 6.07) is 56.0. The maximum absolute atomic E-state index is 2.36. The normalized spacial score (nSPS) is 11.4. The van der Waals surface area contributed by atoms with Crippen molar-refractivity contribution in [3.63, 3.8) is 0 Å². The highest BCUT2D eigenvalue weighted by atomic mass is 31.1. The summed E-state index contributed by atoms with van der Waals surface area (Å²) in [5.41, 5.74) is 0. The Morgan fingerprint density at radius 2 is 0.636 bits per heavy atom. The molecule has 5 aromatic carbocycles. The van der Waals surface area contributed by atoms with E-state index in [-0.39, 0.29) is 0 Å². The first-order chi connectivity index (χ1) is 16.4. The molecule has 0 saturated carbocycles. The number of hydrogen-bond donors (Lipinski definition) is 0. The van der Waals surface area contributed by atoms with Crippen molar-refractivity contribution < 1.29 is 0 Å². The lowest BCUT2D eigenvalue weighted by Gasteiger charge is -2.37. The molecule has 0 bridgehead atoms. The number of hydrogen-bond acceptors (Lipinski definition) is 0. The van der Waals surface area contributed by atoms with Crippen LogP contribution >= 0.6 is 7.92 Å². The van der Waals surface area contributed by atoms with Crippen molar-refractivity contribution in [2.75, 3.05) is 5.79 Å². The maximum atomic E-state index is 2.36. The summed E-state index contributed by atoms with van der Waals surface area (Å²) in [5.74, 6) is 1.13. The molecule has 0 amide bonds. The van der Waals surface area contributed by atoms with Gasteiger partial charge in [0.1, 0.15) is 0 Å². The molecule has 0 radical (unpaired) electrons. The van der Waals surface area contributed by atoms with E-state index in [9.17, 15) is 0 Å². The Labute approximate surface area is 199 Å². The molecule has 0 aliphatic heterocycles. The summed E-state index contributed by atoms with van der Waals surface area (Å²) >= 11 is 0. The number of rotatable bonds is 7. The molecule has 0 aliphatic rings. The second kappa shape index (κ2) is 10.1. The Morgan fingerprint density at radius 3 is 0.939 bits per heavy atom. The minimum atomic E-state index is -2.32. The number of benzene rings is 5. The predicted octanol–water partition coefficient (Wildman–Crippen LogP) is 4.83. The Morgan fingerprint density at radius 1 is 0.364 bits per heavy atom. The van der Waals surface area contributed by atoms with E-state index in [1.807, 2.05) is 0 Å². The van der Waals surface area contributed by atoms with Gasteiger partial charge in [-0.3, -0.25) is 0 Å². The molecule has 2 heteroatoms. The molecule has 0 N–H and O–H groups in total. The highest BCUT2D eigenvalue weighted by Crippen LogP contribution is 2.36. The van der Waals surface area contributed by atoms with Crippen molar-refractivity contribution in [1.29, 1.82) is 0 Å². The van der Waals surface area contributed by atoms with Crippen molar-refractivity contribution in [3.8, 4) is 0 Å². The third-order valence-electron chi connectivity index (χ3n) is 6.33. The zero-order valence-corrected chi connectivity index (χ0v) is 20.5. The van der Waals surface area contributed by atoms with E-state index in [1.54, 1.807) is 0 Å². The molecule has 0 atom stereocenters. The van der Waals surface area contributed by atoms with Crippen molar-refractivity contribution in [3.05, 3.63) is 152 Å². The Hall–Kier alpha value is -3.25. The smallest absolute Gasteiger partial charge is 0.0624 e. The van der Waals surface area contributed by atoms with Crippen LogP contribution in [0.3, 0.4) is 0 Å². The van der Waals surface area contributed by atoms with Gasteiger partial charge in [-0.2, -0.15) is 0 Å². The highest BCUT2D eigenvalue weighted by Gasteiger charge is 2.41. The monoisotopic (exact) mass is 458 g/mol. The van der Waals surface area contributed by atoms with Gasteiger partial charge < -0.3 is 0 Å². The third-order valence-corrected chi connectivity index (χ3v) is 15.3. The topological polar surface area (TPSA) is 0 Å². The zero-order valence-electron chi connectivity index (χ0n) is 18.6. The van der Waals surface area contributed by atoms with Crippen LogP contribution < -0.4 is 26.2 Å². The first kappa shape index (κ1) is 21.6. The SMILES string of the molecule is c1ccc(P(C[Si](c2ccccc2)(c2ccccc2)c2ccccc2)c2ccccc2)cc1. The van der Waals surface area contributed by atoms with E-state index in [2.05, 4.69) is 152 Å². The van der Waals surface area contributed by atoms with Crippen LogP contribution in [0.25, 0.3) is 0 Å². The van der Waals surface area contributed by atoms with E-state index in [0.717, 1.165) is 5.79 Å². The van der Waals surface area contributed by atoms with E-state index in [0.29, 0.717) is 0 Å². The van der Waals surface area contributed by atoms with Crippen LogP contribution in [0.15, 0.2) is 152 Å². The summed E-state index contributed by atoms with van der Waals surface area (Å²) in [6.45, 7) is 0. The second-order valence-corrected chi connectivity index (χ2v) is 15.0. The minimum Gasteiger partial charge on any atom is -0.0624 e. The van der Waals surface area contributed by atoms with Crippen LogP contribution in [-0.4, -0.2) is 13.9 Å². The van der Waals surface area contributed by atoms with Gasteiger partial charge in [0, 0.05) is 0 Å². The van der Waals surface area contributed by atoms with Crippen LogP contribution in [-0.2, 0) is 0 Å². The standard InChI is InChI=1S/C31H27PSi/c1-6-16-27(17-7-1)32(28-18-8-2-9-19-28)26-33(29-20-10-3-11-21-29,30-22-12-4-13-23-30)31-24-14-5-15-25-31/h1-25H,26H2. The zero-order chi connectivity index (χ0) is 22.3. The third kappa shape index (κ3) is 4.48. The molecule has 0 aromatic heterocycles. The van der Waals surface area contributed by atoms with Crippen LogP contribution in [0.2, 0.25) is 0 Å². The average molecular weight is 459 g/mol. The first-order valence-electron chi connectivity index (χ1n) is 11.4. The van der Waals surface area contributed by atoms with Gasteiger partial charge in [-0.25, -0.2) is 0 Å². The van der Waals surface area contributed by atoms with Crippen molar-refractivity contribution in [1.82, 2.24) is 0 Å². The van der Waals surface area contributed by atoms with Gasteiger partial charge in [0.25, 0.3) is 0 Å². The molecule has 0 saturated heterocycles. The van der Waals surface area contributed by atoms with E-state index < -0.39 is 16.0 Å². The van der Waals surface area contributed by atoms with Crippen LogP contribution in [0.5, 0.6) is 0 Å². The summed E-state index contributed by atoms with van der Waals surface area (Å²) < 4.78 is 0. The lowest BCUT2D eigenvalue weighted by molar-refractivity contribution is 1.65. The van der Waals surface area contributed by atoms with Gasteiger partial charge >= 0.3 is 0 Å². The minimum absolute atomic E-state index is 0.548. The molecule has 0 heterocycles. The summed E-state index contributed by atoms with van der Waals surface area (Å²) in [6.07, 6.45) is 0. The first-order valence-corrected chi connectivity index (χ1v) is 15.2. The highest BCUT2D eigenvalue weighted by molar-refractivity contribution is 7.76. The van der Waals surface area contributed by atoms with Crippen LogP contribution in [0.1, 0.15) is 0 Å². The molecular formula is C31H27PSi. The molecule has 5 rings (SSSR count). The van der Waals surface area contributed by atoms with E-state index in [1.165, 1.54) is 26.2 Å². The summed E-state index contributed by atoms with van der Waals surface area (Å²) in [4.78, 5) is 0. The fourth-order valence-corrected chi connectivity index (χ4v) is 14.9. The van der Waals surface area contributed by atoms with Gasteiger partial charge in [-0.05, 0) is 39.9 Å². The van der Waals surface area contributed by atoms with Gasteiger partial charge in [0.15, 0.2) is 8.07 Å². The Kier molecular flexibility index (Phi) is 6.62. The molecule has 33 heavy (non-hydrogen) atoms. The molecule has 0 aliphatic carbocycles. The van der Waals surface area contributed by atoms with E-state index in [4.69, 9.17) is 0 Å². The molecule has 0 fully saturated rings. The van der Waals surface area contributed by atoms with Crippen LogP contribution in [0.4, 0.5) is 0 Å². The predicted molar refractivity (Wildman–Crippen MR) is 148 cm³/mol. The molecular weight excluding hydrogens is 431 g/mol. The van der Waals surface area contributed by atoms with Gasteiger partial charge in [0.05, 0.1) is 0 Å². The maximum Gasteiger partial charge on any atom is 0.153 e. The second-order valence-electron chi connectivity index (χ2n) is 8.26. The average Bonchev–Trinajstić information content (AvgIpc) is 2.92. The fourth-order valence-electron chi connectivity index (χ4n) is 4.73. The Bertz CT molecular complexity index is 1120. The van der Waals surface area contributed by atoms with Crippen molar-refractivity contribution in [2.45, 2.75) is 0 Å². The Balaban J connectivity index is 1.78. The lowest BCUT2D eigenvalue weighted by atomic mass is 10.3. The molecule has 0 nitrogen and oxygen atoms in total. The van der Waals surface area contributed by atoms with E-state index >= 15 is 0 Å². The van der Waals surface area contributed by atoms with Crippen LogP contribution in [0, 0.1) is 0 Å². The van der Waals surface area contributed by atoms with Crippen molar-refractivity contribution >= 4 is 42.2 Å². The quantitative estimate of drug-likeness (QED) is 0.186.